The second-order valence-electron chi connectivity index (χ2n) is 8.48. The average Bonchev–Trinajstić information content (AvgIpc) is 2.64. The van der Waals surface area contributed by atoms with E-state index >= 15 is 0 Å². The molecule has 0 radical (unpaired) electrons. The molecule has 0 aromatic rings. The van der Waals surface area contributed by atoms with Crippen LogP contribution in [0.1, 0.15) is 116 Å². The van der Waals surface area contributed by atoms with E-state index in [1.54, 1.807) is 12.8 Å². The molecule has 0 aromatic heterocycles. The second kappa shape index (κ2) is 12.3. The molecule has 0 spiro atoms. The topological polar surface area (TPSA) is 12.0 Å². The van der Waals surface area contributed by atoms with E-state index in [-0.39, 0.29) is 0 Å². The Balaban J connectivity index is 1.83. The maximum Gasteiger partial charge on any atom is 0.00640 e. The zero-order chi connectivity index (χ0) is 16.2. The molecular formula is C22H43N. The molecule has 0 aromatic carbocycles. The molecule has 2 atom stereocenters. The lowest BCUT2D eigenvalue weighted by Crippen LogP contribution is -2.24. The van der Waals surface area contributed by atoms with E-state index in [0.29, 0.717) is 0 Å². The van der Waals surface area contributed by atoms with Crippen LogP contribution < -0.4 is 5.32 Å². The summed E-state index contributed by atoms with van der Waals surface area (Å²) in [6, 6.07) is 0.792. The summed E-state index contributed by atoms with van der Waals surface area (Å²) in [5, 5.41) is 3.54. The Morgan fingerprint density at radius 1 is 0.435 bits per heavy atom. The SMILES string of the molecule is CNC1CCCCCC(C2CCCCCCCCC2)CCCC1. The highest BCUT2D eigenvalue weighted by molar-refractivity contribution is 4.74. The molecule has 0 bridgehead atoms. The van der Waals surface area contributed by atoms with Gasteiger partial charge in [-0.15, -0.1) is 0 Å². The molecule has 2 aliphatic carbocycles. The van der Waals surface area contributed by atoms with E-state index in [9.17, 15) is 0 Å². The second-order valence-corrected chi connectivity index (χ2v) is 8.48. The zero-order valence-electron chi connectivity index (χ0n) is 16.0. The molecule has 0 heterocycles. The van der Waals surface area contributed by atoms with Crippen molar-refractivity contribution in [3.8, 4) is 0 Å². The molecule has 23 heavy (non-hydrogen) atoms. The fourth-order valence-electron chi connectivity index (χ4n) is 5.13. The maximum absolute atomic E-state index is 3.54. The maximum atomic E-state index is 3.54. The van der Waals surface area contributed by atoms with Crippen LogP contribution in [-0.2, 0) is 0 Å². The third kappa shape index (κ3) is 8.05. The van der Waals surface area contributed by atoms with Crippen LogP contribution in [0, 0.1) is 11.8 Å². The molecule has 1 nitrogen and oxygen atoms in total. The van der Waals surface area contributed by atoms with Crippen LogP contribution in [0.3, 0.4) is 0 Å². The average molecular weight is 322 g/mol. The minimum absolute atomic E-state index is 0.792. The standard InChI is InChI=1S/C22H43N/c1-23-22-18-11-7-10-16-21(17-12-13-19-22)20-14-8-5-3-2-4-6-9-15-20/h20-23H,2-19H2,1H3. The smallest absolute Gasteiger partial charge is 0.00640 e. The van der Waals surface area contributed by atoms with Gasteiger partial charge in [-0.3, -0.25) is 0 Å². The third-order valence-electron chi connectivity index (χ3n) is 6.73. The summed E-state index contributed by atoms with van der Waals surface area (Å²) in [6.07, 6.45) is 26.9. The molecule has 2 rings (SSSR count). The normalized spacial score (nSPS) is 31.2. The van der Waals surface area contributed by atoms with Crippen molar-refractivity contribution in [3.63, 3.8) is 0 Å². The Hall–Kier alpha value is -0.0400. The van der Waals surface area contributed by atoms with Gasteiger partial charge in [0.25, 0.3) is 0 Å². The van der Waals surface area contributed by atoms with Gasteiger partial charge in [-0.25, -0.2) is 0 Å². The van der Waals surface area contributed by atoms with Crippen molar-refractivity contribution in [1.29, 1.82) is 0 Å². The number of hydrogen-bond donors (Lipinski definition) is 1. The van der Waals surface area contributed by atoms with Crippen LogP contribution in [0.15, 0.2) is 0 Å². The lowest BCUT2D eigenvalue weighted by molar-refractivity contribution is 0.235. The minimum Gasteiger partial charge on any atom is -0.317 e. The summed E-state index contributed by atoms with van der Waals surface area (Å²) >= 11 is 0. The predicted octanol–water partition coefficient (Wildman–Crippen LogP) is 6.86. The molecule has 2 aliphatic rings. The van der Waals surface area contributed by atoms with Gasteiger partial charge in [0.15, 0.2) is 0 Å². The summed E-state index contributed by atoms with van der Waals surface area (Å²) < 4.78 is 0. The van der Waals surface area contributed by atoms with Crippen molar-refractivity contribution in [2.45, 2.75) is 122 Å². The van der Waals surface area contributed by atoms with Crippen molar-refractivity contribution in [2.75, 3.05) is 7.05 Å². The molecule has 2 saturated carbocycles. The van der Waals surface area contributed by atoms with Gasteiger partial charge in [0.1, 0.15) is 0 Å². The highest BCUT2D eigenvalue weighted by atomic mass is 14.9. The minimum atomic E-state index is 0.792. The Morgan fingerprint density at radius 3 is 1.22 bits per heavy atom. The molecular weight excluding hydrogens is 278 g/mol. The molecule has 2 unspecified atom stereocenters. The van der Waals surface area contributed by atoms with Crippen LogP contribution in [0.2, 0.25) is 0 Å². The molecule has 0 saturated heterocycles. The van der Waals surface area contributed by atoms with E-state index in [0.717, 1.165) is 17.9 Å². The van der Waals surface area contributed by atoms with Gasteiger partial charge in [-0.05, 0) is 31.7 Å². The highest BCUT2D eigenvalue weighted by Gasteiger charge is 2.21. The number of nitrogens with one attached hydrogen (secondary N) is 1. The third-order valence-corrected chi connectivity index (χ3v) is 6.73. The first kappa shape index (κ1) is 19.3. The monoisotopic (exact) mass is 321 g/mol. The Bertz CT molecular complexity index is 265. The van der Waals surface area contributed by atoms with Gasteiger partial charge in [0.05, 0.1) is 0 Å². The highest BCUT2D eigenvalue weighted by Crippen LogP contribution is 2.34. The summed E-state index contributed by atoms with van der Waals surface area (Å²) in [4.78, 5) is 0. The van der Waals surface area contributed by atoms with Crippen LogP contribution in [-0.4, -0.2) is 13.1 Å². The summed E-state index contributed by atoms with van der Waals surface area (Å²) in [6.45, 7) is 0. The largest absolute Gasteiger partial charge is 0.317 e. The van der Waals surface area contributed by atoms with Gasteiger partial charge in [0, 0.05) is 6.04 Å². The summed E-state index contributed by atoms with van der Waals surface area (Å²) in [5.74, 6) is 2.12. The molecule has 136 valence electrons. The molecule has 1 heteroatoms. The van der Waals surface area contributed by atoms with Crippen molar-refractivity contribution >= 4 is 0 Å². The quantitative estimate of drug-likeness (QED) is 0.586. The number of rotatable bonds is 2. The lowest BCUT2D eigenvalue weighted by atomic mass is 9.77. The lowest BCUT2D eigenvalue weighted by Gasteiger charge is -2.28. The van der Waals surface area contributed by atoms with Crippen molar-refractivity contribution in [2.24, 2.45) is 11.8 Å². The first-order valence-corrected chi connectivity index (χ1v) is 11.1. The van der Waals surface area contributed by atoms with Gasteiger partial charge in [0.2, 0.25) is 0 Å². The van der Waals surface area contributed by atoms with Crippen LogP contribution in [0.4, 0.5) is 0 Å². The van der Waals surface area contributed by atoms with Crippen molar-refractivity contribution in [1.82, 2.24) is 5.32 Å². The Kier molecular flexibility index (Phi) is 10.3. The van der Waals surface area contributed by atoms with E-state index in [4.69, 9.17) is 0 Å². The van der Waals surface area contributed by atoms with Gasteiger partial charge < -0.3 is 5.32 Å². The fourth-order valence-corrected chi connectivity index (χ4v) is 5.13. The first-order chi connectivity index (χ1) is 11.4. The van der Waals surface area contributed by atoms with Crippen LogP contribution in [0.5, 0.6) is 0 Å². The summed E-state index contributed by atoms with van der Waals surface area (Å²) in [5.41, 5.74) is 0. The molecule has 0 aliphatic heterocycles. The van der Waals surface area contributed by atoms with Crippen molar-refractivity contribution in [3.05, 3.63) is 0 Å². The van der Waals surface area contributed by atoms with Gasteiger partial charge in [-0.1, -0.05) is 103 Å². The summed E-state index contributed by atoms with van der Waals surface area (Å²) in [7, 11) is 2.16. The zero-order valence-corrected chi connectivity index (χ0v) is 16.0. The van der Waals surface area contributed by atoms with E-state index < -0.39 is 0 Å². The molecule has 0 amide bonds. The van der Waals surface area contributed by atoms with E-state index in [1.807, 2.05) is 0 Å². The Labute approximate surface area is 146 Å². The Morgan fingerprint density at radius 2 is 0.739 bits per heavy atom. The van der Waals surface area contributed by atoms with Crippen LogP contribution >= 0.6 is 0 Å². The van der Waals surface area contributed by atoms with Gasteiger partial charge >= 0.3 is 0 Å². The molecule has 1 N–H and O–H groups in total. The van der Waals surface area contributed by atoms with Crippen LogP contribution in [0.25, 0.3) is 0 Å². The number of hydrogen-bond acceptors (Lipinski definition) is 1. The fraction of sp³-hybridized carbons (Fsp3) is 1.00. The first-order valence-electron chi connectivity index (χ1n) is 11.1. The van der Waals surface area contributed by atoms with Crippen molar-refractivity contribution < 1.29 is 0 Å². The molecule has 2 fully saturated rings. The van der Waals surface area contributed by atoms with E-state index in [1.165, 1.54) is 103 Å². The van der Waals surface area contributed by atoms with E-state index in [2.05, 4.69) is 12.4 Å². The van der Waals surface area contributed by atoms with Gasteiger partial charge in [-0.2, -0.15) is 0 Å². The predicted molar refractivity (Wildman–Crippen MR) is 103 cm³/mol.